The van der Waals surface area contributed by atoms with E-state index in [1.165, 1.54) is 5.57 Å². The number of alkyl halides is 1. The van der Waals surface area contributed by atoms with Gasteiger partial charge in [0.25, 0.3) is 0 Å². The van der Waals surface area contributed by atoms with Crippen LogP contribution in [0.25, 0.3) is 0 Å². The van der Waals surface area contributed by atoms with Crippen molar-refractivity contribution >= 4 is 0 Å². The summed E-state index contributed by atoms with van der Waals surface area (Å²) in [4.78, 5) is 0. The Morgan fingerprint density at radius 3 is 2.62 bits per heavy atom. The minimum atomic E-state index is -0.225. The van der Waals surface area contributed by atoms with Crippen molar-refractivity contribution in [1.29, 1.82) is 0 Å². The lowest BCUT2D eigenvalue weighted by atomic mass is 10.2. The van der Waals surface area contributed by atoms with Gasteiger partial charge in [0.15, 0.2) is 0 Å². The monoisotopic (exact) mass is 116 g/mol. The van der Waals surface area contributed by atoms with Crippen molar-refractivity contribution in [2.45, 2.75) is 26.7 Å². The number of hydrogen-bond acceptors (Lipinski definition) is 0. The summed E-state index contributed by atoms with van der Waals surface area (Å²) in [7, 11) is 0. The minimum Gasteiger partial charge on any atom is -0.251 e. The topological polar surface area (TPSA) is 0 Å². The van der Waals surface area contributed by atoms with Crippen molar-refractivity contribution in [3.63, 3.8) is 0 Å². The molecule has 0 heterocycles. The fourth-order valence-corrected chi connectivity index (χ4v) is 0.445. The molecule has 1 heteroatoms. The number of halogens is 1. The number of rotatable bonds is 3. The Kier molecular flexibility index (Phi) is 4.62. The fraction of sp³-hybridized carbons (Fsp3) is 0.714. The third-order valence-corrected chi connectivity index (χ3v) is 1.16. The van der Waals surface area contributed by atoms with Gasteiger partial charge in [0, 0.05) is 0 Å². The van der Waals surface area contributed by atoms with Crippen LogP contribution in [0.1, 0.15) is 26.7 Å². The molecule has 0 aromatic heterocycles. The molecule has 0 saturated heterocycles. The third kappa shape index (κ3) is 3.85. The molecule has 0 atom stereocenters. The van der Waals surface area contributed by atoms with Crippen LogP contribution in [0.2, 0.25) is 0 Å². The highest BCUT2D eigenvalue weighted by molar-refractivity contribution is 4.96. The Morgan fingerprint density at radius 1 is 1.62 bits per heavy atom. The molecule has 0 saturated carbocycles. The zero-order valence-corrected chi connectivity index (χ0v) is 5.58. The molecule has 8 heavy (non-hydrogen) atoms. The standard InChI is InChI=1S/C7H13F/c1-3-7(2)5-4-6-8/h5H,3-4,6H2,1-2H3/b7-5+. The van der Waals surface area contributed by atoms with Gasteiger partial charge in [0.2, 0.25) is 0 Å². The summed E-state index contributed by atoms with van der Waals surface area (Å²) in [5.74, 6) is 0. The Morgan fingerprint density at radius 2 is 2.25 bits per heavy atom. The van der Waals surface area contributed by atoms with Crippen LogP contribution in [0.3, 0.4) is 0 Å². The van der Waals surface area contributed by atoms with Crippen LogP contribution in [-0.2, 0) is 0 Å². The smallest absolute Gasteiger partial charge is 0.0928 e. The Balaban J connectivity index is 3.26. The largest absolute Gasteiger partial charge is 0.251 e. The zero-order chi connectivity index (χ0) is 6.41. The van der Waals surface area contributed by atoms with Gasteiger partial charge in [-0.2, -0.15) is 0 Å². The molecule has 0 rings (SSSR count). The van der Waals surface area contributed by atoms with E-state index in [2.05, 4.69) is 6.92 Å². The van der Waals surface area contributed by atoms with Crippen molar-refractivity contribution < 1.29 is 4.39 Å². The molecule has 0 aliphatic rings. The Hall–Kier alpha value is -0.330. The van der Waals surface area contributed by atoms with E-state index in [4.69, 9.17) is 0 Å². The van der Waals surface area contributed by atoms with E-state index >= 15 is 0 Å². The van der Waals surface area contributed by atoms with Crippen LogP contribution in [0, 0.1) is 0 Å². The van der Waals surface area contributed by atoms with E-state index in [0.29, 0.717) is 6.42 Å². The quantitative estimate of drug-likeness (QED) is 0.497. The lowest BCUT2D eigenvalue weighted by molar-refractivity contribution is 0.500. The zero-order valence-electron chi connectivity index (χ0n) is 5.58. The Labute approximate surface area is 50.4 Å². The molecular formula is C7H13F. The summed E-state index contributed by atoms with van der Waals surface area (Å²) in [5.41, 5.74) is 1.28. The second kappa shape index (κ2) is 4.82. The summed E-state index contributed by atoms with van der Waals surface area (Å²) in [6.45, 7) is 3.87. The maximum Gasteiger partial charge on any atom is 0.0928 e. The molecule has 0 bridgehead atoms. The lowest BCUT2D eigenvalue weighted by Gasteiger charge is -1.90. The SMILES string of the molecule is CC/C(C)=C/CCF. The highest BCUT2D eigenvalue weighted by Gasteiger charge is 1.81. The number of allylic oxidation sites excluding steroid dienone is 2. The summed E-state index contributed by atoms with van der Waals surface area (Å²) < 4.78 is 11.4. The molecule has 0 spiro atoms. The van der Waals surface area contributed by atoms with Gasteiger partial charge in [-0.3, -0.25) is 4.39 Å². The first-order valence-electron chi connectivity index (χ1n) is 3.02. The molecule has 0 aliphatic heterocycles. The molecule has 0 aromatic carbocycles. The van der Waals surface area contributed by atoms with Crippen LogP contribution in [-0.4, -0.2) is 6.67 Å². The number of hydrogen-bond donors (Lipinski definition) is 0. The van der Waals surface area contributed by atoms with Crippen molar-refractivity contribution in [2.75, 3.05) is 6.67 Å². The van der Waals surface area contributed by atoms with E-state index in [9.17, 15) is 4.39 Å². The molecule has 0 radical (unpaired) electrons. The maximum atomic E-state index is 11.4. The van der Waals surface area contributed by atoms with Crippen LogP contribution in [0.15, 0.2) is 11.6 Å². The highest BCUT2D eigenvalue weighted by atomic mass is 19.1. The molecule has 0 fully saturated rings. The second-order valence-corrected chi connectivity index (χ2v) is 1.88. The summed E-state index contributed by atoms with van der Waals surface area (Å²) in [5, 5.41) is 0. The van der Waals surface area contributed by atoms with Crippen molar-refractivity contribution in [3.05, 3.63) is 11.6 Å². The molecule has 0 nitrogen and oxygen atoms in total. The van der Waals surface area contributed by atoms with E-state index in [0.717, 1.165) is 6.42 Å². The van der Waals surface area contributed by atoms with Gasteiger partial charge in [-0.15, -0.1) is 0 Å². The van der Waals surface area contributed by atoms with Gasteiger partial charge < -0.3 is 0 Å². The molecule has 48 valence electrons. The van der Waals surface area contributed by atoms with Gasteiger partial charge in [-0.25, -0.2) is 0 Å². The molecule has 0 amide bonds. The molecule has 0 aliphatic carbocycles. The second-order valence-electron chi connectivity index (χ2n) is 1.88. The first-order chi connectivity index (χ1) is 3.81. The summed E-state index contributed by atoms with van der Waals surface area (Å²) >= 11 is 0. The van der Waals surface area contributed by atoms with Crippen LogP contribution in [0.4, 0.5) is 4.39 Å². The van der Waals surface area contributed by atoms with E-state index < -0.39 is 0 Å². The molecular weight excluding hydrogens is 103 g/mol. The van der Waals surface area contributed by atoms with Gasteiger partial charge in [-0.1, -0.05) is 18.6 Å². The molecule has 0 unspecified atom stereocenters. The van der Waals surface area contributed by atoms with Gasteiger partial charge in [0.05, 0.1) is 6.67 Å². The predicted molar refractivity (Wildman–Crippen MR) is 34.6 cm³/mol. The summed E-state index contributed by atoms with van der Waals surface area (Å²) in [6, 6.07) is 0. The van der Waals surface area contributed by atoms with Crippen LogP contribution in [0.5, 0.6) is 0 Å². The first kappa shape index (κ1) is 7.67. The van der Waals surface area contributed by atoms with Gasteiger partial charge in [-0.05, 0) is 19.8 Å². The van der Waals surface area contributed by atoms with Crippen molar-refractivity contribution in [1.82, 2.24) is 0 Å². The van der Waals surface area contributed by atoms with Crippen LogP contribution >= 0.6 is 0 Å². The van der Waals surface area contributed by atoms with E-state index in [-0.39, 0.29) is 6.67 Å². The van der Waals surface area contributed by atoms with Gasteiger partial charge >= 0.3 is 0 Å². The highest BCUT2D eigenvalue weighted by Crippen LogP contribution is 1.98. The normalized spacial score (nSPS) is 12.1. The van der Waals surface area contributed by atoms with Crippen LogP contribution < -0.4 is 0 Å². The van der Waals surface area contributed by atoms with E-state index in [1.807, 2.05) is 13.0 Å². The minimum absolute atomic E-state index is 0.225. The fourth-order valence-electron chi connectivity index (χ4n) is 0.445. The first-order valence-corrected chi connectivity index (χ1v) is 3.02. The lowest BCUT2D eigenvalue weighted by Crippen LogP contribution is -1.73. The van der Waals surface area contributed by atoms with E-state index in [1.54, 1.807) is 0 Å². The van der Waals surface area contributed by atoms with Crippen molar-refractivity contribution in [2.24, 2.45) is 0 Å². The average molecular weight is 116 g/mol. The molecule has 0 aromatic rings. The molecule has 0 N–H and O–H groups in total. The maximum absolute atomic E-state index is 11.4. The Bertz CT molecular complexity index is 74.5. The van der Waals surface area contributed by atoms with Gasteiger partial charge in [0.1, 0.15) is 0 Å². The van der Waals surface area contributed by atoms with Crippen molar-refractivity contribution in [3.8, 4) is 0 Å². The summed E-state index contributed by atoms with van der Waals surface area (Å²) in [6.07, 6.45) is 3.57. The third-order valence-electron chi connectivity index (χ3n) is 1.16. The predicted octanol–water partition coefficient (Wildman–Crippen LogP) is 2.70. The average Bonchev–Trinajstić information content (AvgIpc) is 1.83.